The van der Waals surface area contributed by atoms with Crippen molar-refractivity contribution in [2.45, 2.75) is 46.1 Å². The molecule has 0 aliphatic heterocycles. The lowest BCUT2D eigenvalue weighted by Crippen LogP contribution is -2.28. The monoisotopic (exact) mass is 251 g/mol. The van der Waals surface area contributed by atoms with E-state index in [1.54, 1.807) is 6.20 Å². The van der Waals surface area contributed by atoms with Gasteiger partial charge >= 0.3 is 6.09 Å². The molecule has 5 heteroatoms. The summed E-state index contributed by atoms with van der Waals surface area (Å²) < 4.78 is 5.21. The number of hydrogen-bond acceptors (Lipinski definition) is 4. The first-order valence-corrected chi connectivity index (χ1v) is 6.27. The van der Waals surface area contributed by atoms with E-state index in [0.717, 1.165) is 11.5 Å². The minimum Gasteiger partial charge on any atom is -0.447 e. The number of amides is 1. The Labute approximate surface area is 108 Å². The Kier molecular flexibility index (Phi) is 5.55. The van der Waals surface area contributed by atoms with Crippen LogP contribution in [0.2, 0.25) is 0 Å². The highest BCUT2D eigenvalue weighted by Gasteiger charge is 2.16. The lowest BCUT2D eigenvalue weighted by atomic mass is 10.0. The molecule has 5 nitrogen and oxygen atoms in total. The van der Waals surface area contributed by atoms with Gasteiger partial charge in [0.05, 0.1) is 0 Å². The summed E-state index contributed by atoms with van der Waals surface area (Å²) in [4.78, 5) is 19.9. The molecule has 0 radical (unpaired) electrons. The highest BCUT2D eigenvalue weighted by molar-refractivity contribution is 5.67. The second-order valence-corrected chi connectivity index (χ2v) is 4.44. The molecule has 0 aromatic carbocycles. The van der Waals surface area contributed by atoms with E-state index in [1.807, 2.05) is 33.8 Å². The molecule has 2 atom stereocenters. The van der Waals surface area contributed by atoms with Gasteiger partial charge in [0.1, 0.15) is 11.9 Å². The highest BCUT2D eigenvalue weighted by Crippen LogP contribution is 2.18. The third-order valence-corrected chi connectivity index (χ3v) is 2.57. The second-order valence-electron chi connectivity index (χ2n) is 4.44. The van der Waals surface area contributed by atoms with Crippen LogP contribution in [-0.2, 0) is 4.74 Å². The Hall–Kier alpha value is -1.65. The van der Waals surface area contributed by atoms with Crippen molar-refractivity contribution in [2.75, 3.05) is 6.54 Å². The molecule has 1 amide bonds. The van der Waals surface area contributed by atoms with Crippen LogP contribution in [0.4, 0.5) is 4.79 Å². The maximum atomic E-state index is 11.3. The molecule has 0 fully saturated rings. The van der Waals surface area contributed by atoms with E-state index in [2.05, 4.69) is 15.3 Å². The predicted octanol–water partition coefficient (Wildman–Crippen LogP) is 2.41. The average Bonchev–Trinajstić information content (AvgIpc) is 2.28. The van der Waals surface area contributed by atoms with E-state index >= 15 is 0 Å². The van der Waals surface area contributed by atoms with Gasteiger partial charge < -0.3 is 10.1 Å². The number of alkyl carbamates (subject to hydrolysis) is 1. The van der Waals surface area contributed by atoms with Crippen molar-refractivity contribution in [2.24, 2.45) is 0 Å². The van der Waals surface area contributed by atoms with E-state index in [4.69, 9.17) is 4.74 Å². The molecular weight excluding hydrogens is 230 g/mol. The van der Waals surface area contributed by atoms with E-state index in [0.29, 0.717) is 13.0 Å². The molecule has 0 aliphatic rings. The quantitative estimate of drug-likeness (QED) is 0.872. The van der Waals surface area contributed by atoms with Crippen LogP contribution in [-0.4, -0.2) is 28.7 Å². The zero-order valence-corrected chi connectivity index (χ0v) is 11.4. The minimum absolute atomic E-state index is 0.157. The van der Waals surface area contributed by atoms with Gasteiger partial charge in [0.15, 0.2) is 0 Å². The molecule has 2 unspecified atom stereocenters. The lowest BCUT2D eigenvalue weighted by Gasteiger charge is -2.17. The number of nitrogens with zero attached hydrogens (tertiary/aromatic N) is 2. The van der Waals surface area contributed by atoms with Crippen molar-refractivity contribution in [3.63, 3.8) is 0 Å². The number of aromatic nitrogens is 2. The fraction of sp³-hybridized carbons (Fsp3) is 0.615. The van der Waals surface area contributed by atoms with E-state index in [1.165, 1.54) is 0 Å². The minimum atomic E-state index is -0.373. The SMILES string of the molecule is CCNC(=O)OC(C)CC(C)c1nccc(C)n1. The molecule has 1 rings (SSSR count). The first kappa shape index (κ1) is 14.4. The van der Waals surface area contributed by atoms with E-state index in [9.17, 15) is 4.79 Å². The van der Waals surface area contributed by atoms with Gasteiger partial charge in [0.25, 0.3) is 0 Å². The summed E-state index contributed by atoms with van der Waals surface area (Å²) in [5.41, 5.74) is 0.948. The average molecular weight is 251 g/mol. The molecule has 1 aromatic rings. The van der Waals surface area contributed by atoms with Crippen molar-refractivity contribution < 1.29 is 9.53 Å². The summed E-state index contributed by atoms with van der Waals surface area (Å²) >= 11 is 0. The zero-order chi connectivity index (χ0) is 13.5. The summed E-state index contributed by atoms with van der Waals surface area (Å²) in [5, 5.41) is 2.61. The standard InChI is InChI=1S/C13H21N3O2/c1-5-14-13(17)18-11(4)8-9(2)12-15-7-6-10(3)16-12/h6-7,9,11H,5,8H2,1-4H3,(H,14,17). The first-order chi connectivity index (χ1) is 8.52. The summed E-state index contributed by atoms with van der Waals surface area (Å²) in [7, 11) is 0. The van der Waals surface area contributed by atoms with Gasteiger partial charge in [-0.3, -0.25) is 0 Å². The maximum absolute atomic E-state index is 11.3. The molecule has 18 heavy (non-hydrogen) atoms. The van der Waals surface area contributed by atoms with Crippen LogP contribution in [0.25, 0.3) is 0 Å². The predicted molar refractivity (Wildman–Crippen MR) is 69.4 cm³/mol. The lowest BCUT2D eigenvalue weighted by molar-refractivity contribution is 0.0990. The Bertz CT molecular complexity index is 396. The molecule has 1 aromatic heterocycles. The van der Waals surface area contributed by atoms with Crippen molar-refractivity contribution in [1.82, 2.24) is 15.3 Å². The molecular formula is C13H21N3O2. The Balaban J connectivity index is 2.49. The molecule has 0 aliphatic carbocycles. The summed E-state index contributed by atoms with van der Waals surface area (Å²) in [6, 6.07) is 1.87. The number of aryl methyl sites for hydroxylation is 1. The zero-order valence-electron chi connectivity index (χ0n) is 11.4. The van der Waals surface area contributed by atoms with Crippen molar-refractivity contribution in [3.05, 3.63) is 23.8 Å². The number of ether oxygens (including phenoxy) is 1. The third kappa shape index (κ3) is 4.69. The number of hydrogen-bond donors (Lipinski definition) is 1. The van der Waals surface area contributed by atoms with Crippen molar-refractivity contribution in [1.29, 1.82) is 0 Å². The Morgan fingerprint density at radius 3 is 2.83 bits per heavy atom. The van der Waals surface area contributed by atoms with Gasteiger partial charge in [-0.25, -0.2) is 14.8 Å². The second kappa shape index (κ2) is 6.93. The van der Waals surface area contributed by atoms with E-state index in [-0.39, 0.29) is 18.1 Å². The summed E-state index contributed by atoms with van der Waals surface area (Å²) in [5.74, 6) is 0.954. The fourth-order valence-corrected chi connectivity index (χ4v) is 1.73. The van der Waals surface area contributed by atoms with Gasteiger partial charge in [-0.2, -0.15) is 0 Å². The molecule has 0 saturated carbocycles. The van der Waals surface area contributed by atoms with E-state index < -0.39 is 0 Å². The molecule has 0 saturated heterocycles. The van der Waals surface area contributed by atoms with Gasteiger partial charge in [0.2, 0.25) is 0 Å². The molecule has 0 spiro atoms. The van der Waals surface area contributed by atoms with Crippen LogP contribution in [0.5, 0.6) is 0 Å². The van der Waals surface area contributed by atoms with Crippen molar-refractivity contribution >= 4 is 6.09 Å². The summed E-state index contributed by atoms with van der Waals surface area (Å²) in [6.45, 7) is 8.28. The molecule has 1 N–H and O–H groups in total. The smallest absolute Gasteiger partial charge is 0.407 e. The normalized spacial score (nSPS) is 13.8. The number of carbonyl (C=O) groups is 1. The maximum Gasteiger partial charge on any atom is 0.407 e. The molecule has 0 bridgehead atoms. The third-order valence-electron chi connectivity index (χ3n) is 2.57. The van der Waals surface area contributed by atoms with Gasteiger partial charge in [-0.1, -0.05) is 6.92 Å². The summed E-state index contributed by atoms with van der Waals surface area (Å²) in [6.07, 6.45) is 1.93. The Morgan fingerprint density at radius 1 is 1.50 bits per heavy atom. The van der Waals surface area contributed by atoms with Crippen LogP contribution in [0, 0.1) is 6.92 Å². The first-order valence-electron chi connectivity index (χ1n) is 6.27. The topological polar surface area (TPSA) is 64.1 Å². The highest BCUT2D eigenvalue weighted by atomic mass is 16.6. The number of rotatable bonds is 5. The molecule has 100 valence electrons. The van der Waals surface area contributed by atoms with Gasteiger partial charge in [-0.15, -0.1) is 0 Å². The van der Waals surface area contributed by atoms with Gasteiger partial charge in [0, 0.05) is 24.4 Å². The van der Waals surface area contributed by atoms with Gasteiger partial charge in [-0.05, 0) is 33.3 Å². The Morgan fingerprint density at radius 2 is 2.22 bits per heavy atom. The largest absolute Gasteiger partial charge is 0.447 e. The number of nitrogens with one attached hydrogen (secondary N) is 1. The van der Waals surface area contributed by atoms with Crippen LogP contribution >= 0.6 is 0 Å². The molecule has 1 heterocycles. The van der Waals surface area contributed by atoms with Crippen LogP contribution in [0.1, 0.15) is 44.6 Å². The fourth-order valence-electron chi connectivity index (χ4n) is 1.73. The van der Waals surface area contributed by atoms with Crippen LogP contribution in [0.3, 0.4) is 0 Å². The van der Waals surface area contributed by atoms with Crippen LogP contribution in [0.15, 0.2) is 12.3 Å². The van der Waals surface area contributed by atoms with Crippen LogP contribution < -0.4 is 5.32 Å². The number of carbonyl (C=O) groups excluding carboxylic acids is 1. The van der Waals surface area contributed by atoms with Crippen molar-refractivity contribution in [3.8, 4) is 0 Å².